The van der Waals surface area contributed by atoms with Crippen molar-refractivity contribution in [3.05, 3.63) is 83.9 Å². The van der Waals surface area contributed by atoms with Gasteiger partial charge in [-0.05, 0) is 82.5 Å². The summed E-state index contributed by atoms with van der Waals surface area (Å²) in [7, 11) is -3.94. The van der Waals surface area contributed by atoms with Crippen LogP contribution in [0.2, 0.25) is 0 Å². The third-order valence-electron chi connectivity index (χ3n) is 7.71. The summed E-state index contributed by atoms with van der Waals surface area (Å²) >= 11 is 0. The predicted molar refractivity (Wildman–Crippen MR) is 172 cm³/mol. The molecule has 2 aromatic heterocycles. The van der Waals surface area contributed by atoms with Gasteiger partial charge in [0.2, 0.25) is 5.91 Å². The fourth-order valence-corrected chi connectivity index (χ4v) is 6.71. The fraction of sp³-hybridized carbons (Fsp3) is 0.382. The summed E-state index contributed by atoms with van der Waals surface area (Å²) in [6.07, 6.45) is 6.98. The van der Waals surface area contributed by atoms with Crippen LogP contribution in [0.5, 0.6) is 11.5 Å². The van der Waals surface area contributed by atoms with Crippen LogP contribution in [0.15, 0.2) is 71.9 Å². The third kappa shape index (κ3) is 7.85. The Balaban J connectivity index is 1.35. The summed E-state index contributed by atoms with van der Waals surface area (Å²) in [6.45, 7) is 7.05. The molecule has 2 heterocycles. The van der Waals surface area contributed by atoms with E-state index in [1.54, 1.807) is 45.0 Å². The second-order valence-electron chi connectivity index (χ2n) is 12.6. The number of rotatable bonds is 9. The van der Waals surface area contributed by atoms with Gasteiger partial charge in [-0.25, -0.2) is 26.6 Å². The molecule has 2 aromatic carbocycles. The van der Waals surface area contributed by atoms with Crippen LogP contribution in [-0.2, 0) is 26.0 Å². The Morgan fingerprint density at radius 2 is 1.74 bits per heavy atom. The van der Waals surface area contributed by atoms with Crippen molar-refractivity contribution in [1.29, 1.82) is 0 Å². The van der Waals surface area contributed by atoms with Crippen molar-refractivity contribution >= 4 is 33.1 Å². The van der Waals surface area contributed by atoms with Gasteiger partial charge in [-0.2, -0.15) is 0 Å². The smallest absolute Gasteiger partial charge is 0.408 e. The van der Waals surface area contributed by atoms with Crippen LogP contribution in [0.4, 0.5) is 9.18 Å². The zero-order valence-electron chi connectivity index (χ0n) is 26.4. The predicted octanol–water partition coefficient (Wildman–Crippen LogP) is 6.40. The standard InChI is InChI=1S/C34H39FN4O6S/c1-22-10-13-25(14-11-22)46(42,43)39-19-17-26-29(16-18-36-31(26)39)44-30-15-12-23(20-27(30)35)21-28(38-33(41)45-34(2,3)4)32(40)37-24-8-6-5-7-9-24/h10-20,24,28H,5-9,21H2,1-4H3,(H,37,40)(H,38,41). The fourth-order valence-electron chi connectivity index (χ4n) is 5.41. The Labute approximate surface area is 268 Å². The number of hydrogen-bond acceptors (Lipinski definition) is 7. The Kier molecular flexibility index (Phi) is 9.66. The second kappa shape index (κ2) is 13.5. The van der Waals surface area contributed by atoms with E-state index in [-0.39, 0.29) is 40.4 Å². The molecule has 2 N–H and O–H groups in total. The van der Waals surface area contributed by atoms with E-state index >= 15 is 4.39 Å². The van der Waals surface area contributed by atoms with E-state index in [9.17, 15) is 18.0 Å². The summed E-state index contributed by atoms with van der Waals surface area (Å²) in [5.74, 6) is -0.944. The van der Waals surface area contributed by atoms with E-state index in [1.165, 1.54) is 42.7 Å². The molecular formula is C34H39FN4O6S. The van der Waals surface area contributed by atoms with Gasteiger partial charge in [0.25, 0.3) is 10.0 Å². The molecule has 12 heteroatoms. The minimum Gasteiger partial charge on any atom is -0.453 e. The molecule has 1 atom stereocenters. The molecular weight excluding hydrogens is 611 g/mol. The van der Waals surface area contributed by atoms with E-state index in [0.29, 0.717) is 10.9 Å². The Morgan fingerprint density at radius 1 is 1.02 bits per heavy atom. The van der Waals surface area contributed by atoms with Crippen molar-refractivity contribution in [3.63, 3.8) is 0 Å². The number of carbonyl (C=O) groups excluding carboxylic acids is 2. The van der Waals surface area contributed by atoms with Crippen LogP contribution in [0, 0.1) is 12.7 Å². The van der Waals surface area contributed by atoms with Gasteiger partial charge in [0.1, 0.15) is 17.4 Å². The highest BCUT2D eigenvalue weighted by atomic mass is 32.2. The lowest BCUT2D eigenvalue weighted by Gasteiger charge is -2.27. The van der Waals surface area contributed by atoms with Gasteiger partial charge in [-0.15, -0.1) is 0 Å². The van der Waals surface area contributed by atoms with Crippen molar-refractivity contribution in [2.24, 2.45) is 0 Å². The molecule has 1 unspecified atom stereocenters. The van der Waals surface area contributed by atoms with E-state index < -0.39 is 33.6 Å². The lowest BCUT2D eigenvalue weighted by molar-refractivity contribution is -0.124. The van der Waals surface area contributed by atoms with Crippen LogP contribution in [0.1, 0.15) is 64.0 Å². The minimum absolute atomic E-state index is 0.0220. The van der Waals surface area contributed by atoms with E-state index in [1.807, 2.05) is 6.92 Å². The number of alkyl carbamates (subject to hydrolysis) is 1. The molecule has 46 heavy (non-hydrogen) atoms. The van der Waals surface area contributed by atoms with Gasteiger partial charge < -0.3 is 20.1 Å². The maximum atomic E-state index is 15.4. The van der Waals surface area contributed by atoms with E-state index in [4.69, 9.17) is 9.47 Å². The quantitative estimate of drug-likeness (QED) is 0.215. The lowest BCUT2D eigenvalue weighted by atomic mass is 9.95. The van der Waals surface area contributed by atoms with E-state index in [0.717, 1.165) is 41.6 Å². The highest BCUT2D eigenvalue weighted by Crippen LogP contribution is 2.33. The molecule has 0 saturated heterocycles. The molecule has 0 bridgehead atoms. The van der Waals surface area contributed by atoms with E-state index in [2.05, 4.69) is 15.6 Å². The number of pyridine rings is 1. The van der Waals surface area contributed by atoms with Crippen molar-refractivity contribution in [1.82, 2.24) is 19.6 Å². The summed E-state index contributed by atoms with van der Waals surface area (Å²) in [5, 5.41) is 6.06. The number of aryl methyl sites for hydroxylation is 1. The minimum atomic E-state index is -3.94. The molecule has 10 nitrogen and oxygen atoms in total. The first-order chi connectivity index (χ1) is 21.8. The zero-order valence-corrected chi connectivity index (χ0v) is 27.2. The molecule has 1 saturated carbocycles. The first-order valence-electron chi connectivity index (χ1n) is 15.3. The first-order valence-corrected chi connectivity index (χ1v) is 16.8. The number of aromatic nitrogens is 2. The number of ether oxygens (including phenoxy) is 2. The van der Waals surface area contributed by atoms with Gasteiger partial charge >= 0.3 is 6.09 Å². The highest BCUT2D eigenvalue weighted by Gasteiger charge is 2.28. The van der Waals surface area contributed by atoms with Crippen LogP contribution in [0.25, 0.3) is 11.0 Å². The number of halogens is 1. The van der Waals surface area contributed by atoms with Crippen LogP contribution in [-0.4, -0.2) is 47.1 Å². The number of fused-ring (bicyclic) bond motifs is 1. The number of nitrogens with zero attached hydrogens (tertiary/aromatic N) is 2. The topological polar surface area (TPSA) is 129 Å². The zero-order chi connectivity index (χ0) is 33.1. The first kappa shape index (κ1) is 32.9. The highest BCUT2D eigenvalue weighted by molar-refractivity contribution is 7.90. The molecule has 1 fully saturated rings. The molecule has 4 aromatic rings. The lowest BCUT2D eigenvalue weighted by Crippen LogP contribution is -2.51. The van der Waals surface area contributed by atoms with Gasteiger partial charge in [0.15, 0.2) is 17.2 Å². The van der Waals surface area contributed by atoms with Gasteiger partial charge in [-0.1, -0.05) is 43.0 Å². The number of benzene rings is 2. The van der Waals surface area contributed by atoms with Gasteiger partial charge in [-0.3, -0.25) is 4.79 Å². The molecule has 0 radical (unpaired) electrons. The van der Waals surface area contributed by atoms with Crippen LogP contribution >= 0.6 is 0 Å². The number of amides is 2. The van der Waals surface area contributed by atoms with Gasteiger partial charge in [0, 0.05) is 24.9 Å². The number of hydrogen-bond donors (Lipinski definition) is 2. The van der Waals surface area contributed by atoms with Crippen LogP contribution < -0.4 is 15.4 Å². The average molecular weight is 651 g/mol. The molecule has 0 spiro atoms. The maximum Gasteiger partial charge on any atom is 0.408 e. The number of nitrogens with one attached hydrogen (secondary N) is 2. The molecule has 0 aliphatic heterocycles. The third-order valence-corrected chi connectivity index (χ3v) is 9.39. The van der Waals surface area contributed by atoms with Gasteiger partial charge in [0.05, 0.1) is 10.3 Å². The van der Waals surface area contributed by atoms with Crippen molar-refractivity contribution in [2.45, 2.75) is 88.8 Å². The normalized spacial score (nSPS) is 14.9. The monoisotopic (exact) mass is 650 g/mol. The summed E-state index contributed by atoms with van der Waals surface area (Å²) in [4.78, 5) is 30.2. The molecule has 1 aliphatic rings. The Morgan fingerprint density at radius 3 is 2.41 bits per heavy atom. The average Bonchev–Trinajstić information content (AvgIpc) is 3.44. The SMILES string of the molecule is Cc1ccc(S(=O)(=O)n2ccc3c(Oc4ccc(CC(NC(=O)OC(C)(C)C)C(=O)NC5CCCCC5)cc4F)ccnc32)cc1. The Bertz CT molecular complexity index is 1830. The molecule has 244 valence electrons. The maximum absolute atomic E-state index is 15.4. The van der Waals surface area contributed by atoms with Crippen LogP contribution in [0.3, 0.4) is 0 Å². The second-order valence-corrected chi connectivity index (χ2v) is 14.4. The van der Waals surface area contributed by atoms with Crippen molar-refractivity contribution in [3.8, 4) is 11.5 Å². The number of carbonyl (C=O) groups is 2. The van der Waals surface area contributed by atoms with Crippen molar-refractivity contribution < 1.29 is 31.9 Å². The Hall–Kier alpha value is -4.45. The molecule has 1 aliphatic carbocycles. The largest absolute Gasteiger partial charge is 0.453 e. The molecule has 2 amide bonds. The summed E-state index contributed by atoms with van der Waals surface area (Å²) in [6, 6.07) is 12.9. The summed E-state index contributed by atoms with van der Waals surface area (Å²) in [5.41, 5.74) is 0.759. The van der Waals surface area contributed by atoms with Crippen molar-refractivity contribution in [2.75, 3.05) is 0 Å². The summed E-state index contributed by atoms with van der Waals surface area (Å²) < 4.78 is 54.4. The molecule has 5 rings (SSSR count).